The van der Waals surface area contributed by atoms with Crippen molar-refractivity contribution in [3.63, 3.8) is 0 Å². The van der Waals surface area contributed by atoms with Gasteiger partial charge in [0.2, 0.25) is 5.95 Å². The summed E-state index contributed by atoms with van der Waals surface area (Å²) < 4.78 is 0. The number of fused-ring (bicyclic) bond motifs is 1. The van der Waals surface area contributed by atoms with Crippen LogP contribution >= 0.6 is 0 Å². The van der Waals surface area contributed by atoms with Crippen LogP contribution in [0.25, 0.3) is 0 Å². The SMILES string of the molecule is CC1CCN(C(=O)c2cnc(N3CCCc4ccccc43)nc2)CC1. The fourth-order valence-corrected chi connectivity index (χ4v) is 3.71. The Morgan fingerprint density at radius 2 is 1.80 bits per heavy atom. The maximum Gasteiger partial charge on any atom is 0.256 e. The van der Waals surface area contributed by atoms with Crippen molar-refractivity contribution in [1.82, 2.24) is 14.9 Å². The molecule has 5 heteroatoms. The predicted molar refractivity (Wildman–Crippen MR) is 98.1 cm³/mol. The highest BCUT2D eigenvalue weighted by atomic mass is 16.2. The quantitative estimate of drug-likeness (QED) is 0.843. The van der Waals surface area contributed by atoms with E-state index in [9.17, 15) is 4.79 Å². The highest BCUT2D eigenvalue weighted by molar-refractivity contribution is 5.93. The number of anilines is 2. The van der Waals surface area contributed by atoms with Gasteiger partial charge in [-0.05, 0) is 43.2 Å². The van der Waals surface area contributed by atoms with Crippen LogP contribution in [0.5, 0.6) is 0 Å². The molecule has 0 bridgehead atoms. The van der Waals surface area contributed by atoms with Gasteiger partial charge in [-0.2, -0.15) is 0 Å². The first-order valence-corrected chi connectivity index (χ1v) is 9.19. The van der Waals surface area contributed by atoms with Gasteiger partial charge < -0.3 is 9.80 Å². The van der Waals surface area contributed by atoms with Crippen molar-refractivity contribution in [1.29, 1.82) is 0 Å². The van der Waals surface area contributed by atoms with Gasteiger partial charge in [0.1, 0.15) is 0 Å². The number of aryl methyl sites for hydroxylation is 1. The van der Waals surface area contributed by atoms with Crippen LogP contribution in [-0.4, -0.2) is 40.4 Å². The first kappa shape index (κ1) is 16.1. The van der Waals surface area contributed by atoms with E-state index in [-0.39, 0.29) is 5.91 Å². The summed E-state index contributed by atoms with van der Waals surface area (Å²) in [4.78, 5) is 25.7. The highest BCUT2D eigenvalue weighted by Crippen LogP contribution is 2.31. The number of benzene rings is 1. The predicted octanol–water partition coefficient (Wildman–Crippen LogP) is 3.43. The number of carbonyl (C=O) groups is 1. The van der Waals surface area contributed by atoms with Crippen LogP contribution in [0.1, 0.15) is 42.1 Å². The lowest BCUT2D eigenvalue weighted by Gasteiger charge is -2.31. The molecule has 0 N–H and O–H groups in total. The van der Waals surface area contributed by atoms with E-state index >= 15 is 0 Å². The fourth-order valence-electron chi connectivity index (χ4n) is 3.71. The third-order valence-corrected chi connectivity index (χ3v) is 5.31. The van der Waals surface area contributed by atoms with E-state index < -0.39 is 0 Å². The van der Waals surface area contributed by atoms with E-state index in [1.165, 1.54) is 11.3 Å². The van der Waals surface area contributed by atoms with Gasteiger partial charge in [-0.15, -0.1) is 0 Å². The molecule has 130 valence electrons. The molecule has 3 heterocycles. The van der Waals surface area contributed by atoms with Crippen molar-refractivity contribution in [2.24, 2.45) is 5.92 Å². The average Bonchev–Trinajstić information content (AvgIpc) is 2.68. The second-order valence-corrected chi connectivity index (χ2v) is 7.13. The van der Waals surface area contributed by atoms with Crippen molar-refractivity contribution >= 4 is 17.5 Å². The summed E-state index contributed by atoms with van der Waals surface area (Å²) in [6, 6.07) is 8.40. The zero-order valence-corrected chi connectivity index (χ0v) is 14.7. The Bertz CT molecular complexity index is 751. The van der Waals surface area contributed by atoms with Crippen LogP contribution in [-0.2, 0) is 6.42 Å². The largest absolute Gasteiger partial charge is 0.339 e. The van der Waals surface area contributed by atoms with Crippen LogP contribution in [0.4, 0.5) is 11.6 Å². The molecule has 2 aliphatic rings. The van der Waals surface area contributed by atoms with Crippen molar-refractivity contribution in [3.8, 4) is 0 Å². The van der Waals surface area contributed by atoms with Crippen molar-refractivity contribution in [2.45, 2.75) is 32.6 Å². The lowest BCUT2D eigenvalue weighted by molar-refractivity contribution is 0.0696. The Kier molecular flexibility index (Phi) is 4.38. The molecule has 2 aliphatic heterocycles. The standard InChI is InChI=1S/C20H24N4O/c1-15-8-11-23(12-9-15)19(25)17-13-21-20(22-14-17)24-10-4-6-16-5-2-3-7-18(16)24/h2-3,5,7,13-15H,4,6,8-12H2,1H3. The average molecular weight is 336 g/mol. The molecule has 0 spiro atoms. The van der Waals surface area contributed by atoms with Crippen molar-refractivity contribution < 1.29 is 4.79 Å². The minimum atomic E-state index is 0.0532. The van der Waals surface area contributed by atoms with Gasteiger partial charge in [0.05, 0.1) is 5.56 Å². The number of likely N-dealkylation sites (tertiary alicyclic amines) is 1. The molecule has 0 aliphatic carbocycles. The summed E-state index contributed by atoms with van der Waals surface area (Å²) in [6.07, 6.45) is 7.70. The smallest absolute Gasteiger partial charge is 0.256 e. The topological polar surface area (TPSA) is 49.3 Å². The third kappa shape index (κ3) is 3.23. The summed E-state index contributed by atoms with van der Waals surface area (Å²) >= 11 is 0. The Balaban J connectivity index is 1.52. The number of aromatic nitrogens is 2. The molecule has 4 rings (SSSR count). The minimum absolute atomic E-state index is 0.0532. The molecule has 0 radical (unpaired) electrons. The molecule has 1 fully saturated rings. The zero-order valence-electron chi connectivity index (χ0n) is 14.7. The molecule has 0 saturated carbocycles. The summed E-state index contributed by atoms with van der Waals surface area (Å²) in [5.74, 6) is 1.44. The van der Waals surface area contributed by atoms with Crippen LogP contribution in [0.2, 0.25) is 0 Å². The molecule has 25 heavy (non-hydrogen) atoms. The lowest BCUT2D eigenvalue weighted by atomic mass is 9.99. The van der Waals surface area contributed by atoms with Crippen LogP contribution in [0, 0.1) is 5.92 Å². The van der Waals surface area contributed by atoms with E-state index in [4.69, 9.17) is 0 Å². The summed E-state index contributed by atoms with van der Waals surface area (Å²) in [5, 5.41) is 0. The lowest BCUT2D eigenvalue weighted by Crippen LogP contribution is -2.38. The number of carbonyl (C=O) groups excluding carboxylic acids is 1. The Labute approximate surface area is 148 Å². The van der Waals surface area contributed by atoms with E-state index in [1.807, 2.05) is 11.0 Å². The molecule has 5 nitrogen and oxygen atoms in total. The van der Waals surface area contributed by atoms with Crippen LogP contribution in [0.15, 0.2) is 36.7 Å². The van der Waals surface area contributed by atoms with Gasteiger partial charge >= 0.3 is 0 Å². The third-order valence-electron chi connectivity index (χ3n) is 5.31. The number of hydrogen-bond acceptors (Lipinski definition) is 4. The molecule has 1 aromatic carbocycles. The minimum Gasteiger partial charge on any atom is -0.339 e. The second kappa shape index (κ2) is 6.82. The van der Waals surface area contributed by atoms with Gasteiger partial charge in [-0.1, -0.05) is 25.1 Å². The molecule has 1 aromatic heterocycles. The number of rotatable bonds is 2. The zero-order chi connectivity index (χ0) is 17.2. The Morgan fingerprint density at radius 3 is 2.56 bits per heavy atom. The molecule has 2 aromatic rings. The molecule has 0 atom stereocenters. The van der Waals surface area contributed by atoms with E-state index in [2.05, 4.69) is 40.0 Å². The molecular formula is C20H24N4O. The normalized spacial score (nSPS) is 18.1. The number of piperidine rings is 1. The maximum absolute atomic E-state index is 12.6. The van der Waals surface area contributed by atoms with E-state index in [0.717, 1.165) is 45.3 Å². The Morgan fingerprint density at radius 1 is 1.08 bits per heavy atom. The van der Waals surface area contributed by atoms with Crippen molar-refractivity contribution in [2.75, 3.05) is 24.5 Å². The fraction of sp³-hybridized carbons (Fsp3) is 0.450. The van der Waals surface area contributed by atoms with E-state index in [1.54, 1.807) is 12.4 Å². The number of hydrogen-bond donors (Lipinski definition) is 0. The molecule has 0 unspecified atom stereocenters. The second-order valence-electron chi connectivity index (χ2n) is 7.13. The molecule has 1 amide bonds. The number of nitrogens with zero attached hydrogens (tertiary/aromatic N) is 4. The summed E-state index contributed by atoms with van der Waals surface area (Å²) in [7, 11) is 0. The first-order chi connectivity index (χ1) is 12.2. The number of para-hydroxylation sites is 1. The molecule has 1 saturated heterocycles. The summed E-state index contributed by atoms with van der Waals surface area (Å²) in [5.41, 5.74) is 3.10. The maximum atomic E-state index is 12.6. The van der Waals surface area contributed by atoms with Gasteiger partial charge in [-0.25, -0.2) is 9.97 Å². The first-order valence-electron chi connectivity index (χ1n) is 9.19. The van der Waals surface area contributed by atoms with Gasteiger partial charge in [0.15, 0.2) is 0 Å². The van der Waals surface area contributed by atoms with Crippen LogP contribution < -0.4 is 4.90 Å². The van der Waals surface area contributed by atoms with Gasteiger partial charge in [-0.3, -0.25) is 4.79 Å². The number of amides is 1. The highest BCUT2D eigenvalue weighted by Gasteiger charge is 2.23. The summed E-state index contributed by atoms with van der Waals surface area (Å²) in [6.45, 7) is 4.83. The molecular weight excluding hydrogens is 312 g/mol. The monoisotopic (exact) mass is 336 g/mol. The van der Waals surface area contributed by atoms with E-state index in [0.29, 0.717) is 17.4 Å². The van der Waals surface area contributed by atoms with Gasteiger partial charge in [0.25, 0.3) is 5.91 Å². The Hall–Kier alpha value is -2.43. The van der Waals surface area contributed by atoms with Crippen LogP contribution in [0.3, 0.4) is 0 Å². The van der Waals surface area contributed by atoms with Crippen molar-refractivity contribution in [3.05, 3.63) is 47.8 Å². The van der Waals surface area contributed by atoms with Gasteiger partial charge in [0, 0.05) is 37.7 Å².